The normalized spacial score (nSPS) is 10.4. The highest BCUT2D eigenvalue weighted by molar-refractivity contribution is 5.75. The van der Waals surface area contributed by atoms with E-state index in [-0.39, 0.29) is 18.4 Å². The number of nitrogens with two attached hydrogens (primary N) is 1. The smallest absolute Gasteiger partial charge is 0.244 e. The summed E-state index contributed by atoms with van der Waals surface area (Å²) < 4.78 is 1.44. The first-order valence-electron chi connectivity index (χ1n) is 5.99. The average Bonchev–Trinajstić information content (AvgIpc) is 2.77. The molecule has 1 aromatic carbocycles. The van der Waals surface area contributed by atoms with Crippen molar-refractivity contribution in [3.8, 4) is 0 Å². The van der Waals surface area contributed by atoms with Crippen LogP contribution in [0.4, 0.5) is 5.95 Å². The van der Waals surface area contributed by atoms with Crippen LogP contribution in [0, 0.1) is 6.92 Å². The van der Waals surface area contributed by atoms with Gasteiger partial charge in [0.2, 0.25) is 11.9 Å². The van der Waals surface area contributed by atoms with Gasteiger partial charge in [0.1, 0.15) is 12.9 Å². The van der Waals surface area contributed by atoms with Gasteiger partial charge in [0.25, 0.3) is 0 Å². The Morgan fingerprint density at radius 1 is 1.42 bits per heavy atom. The Kier molecular flexibility index (Phi) is 3.79. The van der Waals surface area contributed by atoms with Gasteiger partial charge in [-0.1, -0.05) is 24.3 Å². The molecular formula is C13H17N5O. The highest BCUT2D eigenvalue weighted by Crippen LogP contribution is 2.09. The number of nitrogen functional groups attached to an aromatic ring is 1. The molecule has 0 aliphatic heterocycles. The van der Waals surface area contributed by atoms with E-state index in [1.807, 2.05) is 31.2 Å². The van der Waals surface area contributed by atoms with Crippen molar-refractivity contribution in [1.82, 2.24) is 19.7 Å². The van der Waals surface area contributed by atoms with Crippen LogP contribution in [0.5, 0.6) is 0 Å². The summed E-state index contributed by atoms with van der Waals surface area (Å²) in [6, 6.07) is 8.01. The molecule has 0 spiro atoms. The van der Waals surface area contributed by atoms with Gasteiger partial charge in [-0.05, 0) is 18.1 Å². The second-order valence-corrected chi connectivity index (χ2v) is 4.48. The van der Waals surface area contributed by atoms with Crippen LogP contribution in [-0.4, -0.2) is 32.6 Å². The summed E-state index contributed by atoms with van der Waals surface area (Å²) in [6.45, 7) is 2.76. The molecule has 1 amide bonds. The molecule has 0 aliphatic carbocycles. The minimum absolute atomic E-state index is 0.0341. The molecule has 0 radical (unpaired) electrons. The molecule has 1 aromatic heterocycles. The Bertz CT molecular complexity index is 578. The van der Waals surface area contributed by atoms with Crippen molar-refractivity contribution in [3.63, 3.8) is 0 Å². The maximum Gasteiger partial charge on any atom is 0.244 e. The summed E-state index contributed by atoms with van der Waals surface area (Å²) >= 11 is 0. The second-order valence-electron chi connectivity index (χ2n) is 4.48. The lowest BCUT2D eigenvalue weighted by Gasteiger charge is -2.18. The predicted molar refractivity (Wildman–Crippen MR) is 72.1 cm³/mol. The molecule has 0 saturated carbocycles. The van der Waals surface area contributed by atoms with Crippen LogP contribution in [0.3, 0.4) is 0 Å². The van der Waals surface area contributed by atoms with E-state index in [9.17, 15) is 4.79 Å². The fourth-order valence-electron chi connectivity index (χ4n) is 1.78. The van der Waals surface area contributed by atoms with E-state index >= 15 is 0 Å². The lowest BCUT2D eigenvalue weighted by molar-refractivity contribution is -0.131. The third-order valence-electron chi connectivity index (χ3n) is 2.95. The maximum atomic E-state index is 12.0. The maximum absolute atomic E-state index is 12.0. The van der Waals surface area contributed by atoms with Crippen molar-refractivity contribution in [2.75, 3.05) is 12.8 Å². The van der Waals surface area contributed by atoms with Gasteiger partial charge in [0.15, 0.2) is 0 Å². The topological polar surface area (TPSA) is 77.0 Å². The molecule has 6 heteroatoms. The lowest BCUT2D eigenvalue weighted by Crippen LogP contribution is -2.30. The molecule has 100 valence electrons. The van der Waals surface area contributed by atoms with Crippen molar-refractivity contribution in [2.24, 2.45) is 0 Å². The average molecular weight is 259 g/mol. The summed E-state index contributed by atoms with van der Waals surface area (Å²) in [7, 11) is 1.77. The minimum Gasteiger partial charge on any atom is -0.367 e. The lowest BCUT2D eigenvalue weighted by atomic mass is 10.1. The number of anilines is 1. The molecule has 1 heterocycles. The van der Waals surface area contributed by atoms with Crippen LogP contribution in [0.1, 0.15) is 11.1 Å². The molecule has 0 unspecified atom stereocenters. The largest absolute Gasteiger partial charge is 0.367 e. The fourth-order valence-corrected chi connectivity index (χ4v) is 1.78. The van der Waals surface area contributed by atoms with Crippen LogP contribution >= 0.6 is 0 Å². The number of benzene rings is 1. The molecule has 0 fully saturated rings. The van der Waals surface area contributed by atoms with Gasteiger partial charge in [-0.3, -0.25) is 4.79 Å². The van der Waals surface area contributed by atoms with E-state index in [2.05, 4.69) is 10.1 Å². The fraction of sp³-hybridized carbons (Fsp3) is 0.308. The molecule has 0 bridgehead atoms. The summed E-state index contributed by atoms with van der Waals surface area (Å²) in [4.78, 5) is 17.5. The number of hydrogen-bond acceptors (Lipinski definition) is 4. The molecular weight excluding hydrogens is 242 g/mol. The number of rotatable bonds is 4. The van der Waals surface area contributed by atoms with Crippen molar-refractivity contribution in [2.45, 2.75) is 20.0 Å². The molecule has 2 aromatic rings. The van der Waals surface area contributed by atoms with Crippen LogP contribution < -0.4 is 5.73 Å². The third-order valence-corrected chi connectivity index (χ3v) is 2.95. The van der Waals surface area contributed by atoms with E-state index in [1.54, 1.807) is 11.9 Å². The van der Waals surface area contributed by atoms with E-state index < -0.39 is 0 Å². The molecule has 0 aliphatic rings. The van der Waals surface area contributed by atoms with Gasteiger partial charge >= 0.3 is 0 Å². The van der Waals surface area contributed by atoms with E-state index in [0.717, 1.165) is 5.56 Å². The molecule has 2 N–H and O–H groups in total. The minimum atomic E-state index is -0.0341. The zero-order valence-corrected chi connectivity index (χ0v) is 11.1. The number of nitrogens with zero attached hydrogens (tertiary/aromatic N) is 4. The van der Waals surface area contributed by atoms with Crippen molar-refractivity contribution in [1.29, 1.82) is 0 Å². The van der Waals surface area contributed by atoms with Gasteiger partial charge in [0, 0.05) is 13.6 Å². The zero-order valence-electron chi connectivity index (χ0n) is 11.1. The molecule has 0 atom stereocenters. The van der Waals surface area contributed by atoms with Gasteiger partial charge in [-0.25, -0.2) is 9.67 Å². The molecule has 6 nitrogen and oxygen atoms in total. The first kappa shape index (κ1) is 13.1. The molecule has 2 rings (SSSR count). The van der Waals surface area contributed by atoms with E-state index in [1.165, 1.54) is 16.6 Å². The number of hydrogen-bond donors (Lipinski definition) is 1. The van der Waals surface area contributed by atoms with Gasteiger partial charge < -0.3 is 10.6 Å². The van der Waals surface area contributed by atoms with E-state index in [0.29, 0.717) is 6.54 Å². The Labute approximate surface area is 111 Å². The highest BCUT2D eigenvalue weighted by atomic mass is 16.2. The summed E-state index contributed by atoms with van der Waals surface area (Å²) in [5.41, 5.74) is 7.71. The molecule has 0 saturated heterocycles. The SMILES string of the molecule is Cc1ccccc1CN(C)C(=O)Cn1cnc(N)n1. The summed E-state index contributed by atoms with van der Waals surface area (Å²) in [5.74, 6) is 0.141. The van der Waals surface area contributed by atoms with Crippen LogP contribution in [0.15, 0.2) is 30.6 Å². The number of likely N-dealkylation sites (N-methyl/N-ethyl adjacent to an activating group) is 1. The van der Waals surface area contributed by atoms with Gasteiger partial charge in [0.05, 0.1) is 0 Å². The quantitative estimate of drug-likeness (QED) is 0.882. The van der Waals surface area contributed by atoms with Crippen molar-refractivity contribution < 1.29 is 4.79 Å². The number of carbonyl (C=O) groups is 1. The first-order valence-corrected chi connectivity index (χ1v) is 5.99. The number of carbonyl (C=O) groups excluding carboxylic acids is 1. The number of aryl methyl sites for hydroxylation is 1. The Morgan fingerprint density at radius 3 is 2.79 bits per heavy atom. The van der Waals surface area contributed by atoms with Gasteiger partial charge in [-0.15, -0.1) is 5.10 Å². The summed E-state index contributed by atoms with van der Waals surface area (Å²) in [5, 5.41) is 3.89. The Balaban J connectivity index is 1.98. The van der Waals surface area contributed by atoms with Gasteiger partial charge in [-0.2, -0.15) is 0 Å². The summed E-state index contributed by atoms with van der Waals surface area (Å²) in [6.07, 6.45) is 1.45. The van der Waals surface area contributed by atoms with Crippen molar-refractivity contribution in [3.05, 3.63) is 41.7 Å². The second kappa shape index (κ2) is 5.51. The standard InChI is InChI=1S/C13H17N5O/c1-10-5-3-4-6-11(10)7-17(2)12(19)8-18-9-15-13(14)16-18/h3-6,9H,7-8H2,1-2H3,(H2,14,16). The van der Waals surface area contributed by atoms with Crippen LogP contribution in [-0.2, 0) is 17.9 Å². The van der Waals surface area contributed by atoms with Crippen LogP contribution in [0.25, 0.3) is 0 Å². The first-order chi connectivity index (χ1) is 9.06. The van der Waals surface area contributed by atoms with Crippen molar-refractivity contribution >= 4 is 11.9 Å². The number of amides is 1. The third kappa shape index (κ3) is 3.31. The predicted octanol–water partition coefficient (Wildman–Crippen LogP) is 0.827. The van der Waals surface area contributed by atoms with Crippen LogP contribution in [0.2, 0.25) is 0 Å². The monoisotopic (exact) mass is 259 g/mol. The highest BCUT2D eigenvalue weighted by Gasteiger charge is 2.11. The zero-order chi connectivity index (χ0) is 13.8. The molecule has 19 heavy (non-hydrogen) atoms. The number of aromatic nitrogens is 3. The Hall–Kier alpha value is -2.37. The Morgan fingerprint density at radius 2 is 2.16 bits per heavy atom. The van der Waals surface area contributed by atoms with E-state index in [4.69, 9.17) is 5.73 Å².